The van der Waals surface area contributed by atoms with E-state index in [1.54, 1.807) is 0 Å². The van der Waals surface area contributed by atoms with E-state index in [0.717, 1.165) is 40.7 Å². The van der Waals surface area contributed by atoms with Gasteiger partial charge in [-0.05, 0) is 37.0 Å². The molecule has 1 aromatic heterocycles. The quantitative estimate of drug-likeness (QED) is 0.878. The van der Waals surface area contributed by atoms with E-state index in [4.69, 9.17) is 5.73 Å². The molecule has 2 aromatic rings. The van der Waals surface area contributed by atoms with Crippen molar-refractivity contribution < 1.29 is 4.79 Å². The van der Waals surface area contributed by atoms with Gasteiger partial charge in [-0.3, -0.25) is 4.79 Å². The third-order valence-electron chi connectivity index (χ3n) is 4.32. The molecule has 1 saturated heterocycles. The molecule has 0 spiro atoms. The number of benzene rings is 1. The number of fused-ring (bicyclic) bond motifs is 1. The van der Waals surface area contributed by atoms with Crippen LogP contribution in [0.1, 0.15) is 38.6 Å². The van der Waals surface area contributed by atoms with Crippen LogP contribution >= 0.6 is 15.9 Å². The number of likely N-dealkylation sites (tertiary alicyclic amines) is 1. The highest BCUT2D eigenvalue weighted by atomic mass is 79.9. The maximum absolute atomic E-state index is 12.6. The minimum absolute atomic E-state index is 0.00322. The molecule has 2 heterocycles. The Labute approximate surface area is 138 Å². The average molecular weight is 365 g/mol. The van der Waals surface area contributed by atoms with Crippen molar-refractivity contribution in [1.29, 1.82) is 0 Å². The molecule has 3 N–H and O–H groups in total. The predicted molar refractivity (Wildman–Crippen MR) is 90.3 cm³/mol. The number of rotatable bonds is 3. The van der Waals surface area contributed by atoms with Crippen molar-refractivity contribution in [3.63, 3.8) is 0 Å². The zero-order chi connectivity index (χ0) is 15.9. The summed E-state index contributed by atoms with van der Waals surface area (Å²) in [5, 5.41) is 0. The van der Waals surface area contributed by atoms with E-state index in [2.05, 4.69) is 25.9 Å². The molecular weight excluding hydrogens is 344 g/mol. The van der Waals surface area contributed by atoms with Crippen LogP contribution in [0.5, 0.6) is 0 Å². The molecule has 1 aromatic carbocycles. The first-order chi connectivity index (χ1) is 10.5. The summed E-state index contributed by atoms with van der Waals surface area (Å²) in [5.74, 6) is 1.02. The molecule has 0 radical (unpaired) electrons. The lowest BCUT2D eigenvalue weighted by atomic mass is 10.0. The molecule has 2 unspecified atom stereocenters. The van der Waals surface area contributed by atoms with Crippen LogP contribution in [-0.4, -0.2) is 33.4 Å². The Hall–Kier alpha value is -1.40. The summed E-state index contributed by atoms with van der Waals surface area (Å²) in [6.45, 7) is 4.71. The monoisotopic (exact) mass is 364 g/mol. The Bertz CT molecular complexity index is 697. The number of hydrogen-bond acceptors (Lipinski definition) is 3. The molecule has 6 heteroatoms. The minimum Gasteiger partial charge on any atom is -0.340 e. The van der Waals surface area contributed by atoms with Crippen molar-refractivity contribution >= 4 is 32.9 Å². The van der Waals surface area contributed by atoms with Gasteiger partial charge in [0.1, 0.15) is 5.82 Å². The second kappa shape index (κ2) is 6.01. The highest BCUT2D eigenvalue weighted by molar-refractivity contribution is 9.10. The normalized spacial score (nSPS) is 20.0. The molecular formula is C16H21BrN4O. The maximum Gasteiger partial charge on any atom is 0.240 e. The van der Waals surface area contributed by atoms with Gasteiger partial charge in [0, 0.05) is 11.0 Å². The van der Waals surface area contributed by atoms with E-state index >= 15 is 0 Å². The summed E-state index contributed by atoms with van der Waals surface area (Å²) in [7, 11) is 0. The number of aromatic amines is 1. The molecule has 1 aliphatic heterocycles. The largest absolute Gasteiger partial charge is 0.340 e. The van der Waals surface area contributed by atoms with Crippen LogP contribution < -0.4 is 5.73 Å². The molecule has 1 amide bonds. The molecule has 3 rings (SSSR count). The first-order valence-corrected chi connectivity index (χ1v) is 8.48. The van der Waals surface area contributed by atoms with Gasteiger partial charge in [0.15, 0.2) is 0 Å². The van der Waals surface area contributed by atoms with E-state index in [1.165, 1.54) is 0 Å². The molecule has 0 saturated carbocycles. The van der Waals surface area contributed by atoms with E-state index in [-0.39, 0.29) is 17.9 Å². The number of halogens is 1. The lowest BCUT2D eigenvalue weighted by molar-refractivity contribution is -0.134. The van der Waals surface area contributed by atoms with Gasteiger partial charge in [-0.15, -0.1) is 0 Å². The Morgan fingerprint density at radius 2 is 2.27 bits per heavy atom. The fourth-order valence-corrected chi connectivity index (χ4v) is 3.31. The van der Waals surface area contributed by atoms with Crippen LogP contribution in [0, 0.1) is 5.92 Å². The smallest absolute Gasteiger partial charge is 0.240 e. The summed E-state index contributed by atoms with van der Waals surface area (Å²) in [5.41, 5.74) is 7.95. The lowest BCUT2D eigenvalue weighted by Crippen LogP contribution is -2.46. The van der Waals surface area contributed by atoms with E-state index in [0.29, 0.717) is 0 Å². The van der Waals surface area contributed by atoms with Crippen LogP contribution in [0.4, 0.5) is 0 Å². The topological polar surface area (TPSA) is 75.0 Å². The molecule has 1 aliphatic rings. The standard InChI is InChI=1S/C16H21BrN4O/c1-9(2)14(18)16(22)21-7-3-4-13(21)15-19-11-6-5-10(17)8-12(11)20-15/h5-6,8-9,13-14H,3-4,7,18H2,1-2H3,(H,19,20). The molecule has 22 heavy (non-hydrogen) atoms. The Morgan fingerprint density at radius 3 is 3.00 bits per heavy atom. The van der Waals surface area contributed by atoms with Gasteiger partial charge in [-0.25, -0.2) is 4.98 Å². The van der Waals surface area contributed by atoms with Crippen LogP contribution in [0.3, 0.4) is 0 Å². The number of imidazole rings is 1. The molecule has 5 nitrogen and oxygen atoms in total. The summed E-state index contributed by atoms with van der Waals surface area (Å²) in [6, 6.07) is 5.51. The van der Waals surface area contributed by atoms with Gasteiger partial charge in [0.2, 0.25) is 5.91 Å². The molecule has 1 fully saturated rings. The number of carbonyl (C=O) groups excluding carboxylic acids is 1. The van der Waals surface area contributed by atoms with E-state index in [1.807, 2.05) is 36.9 Å². The fraction of sp³-hybridized carbons (Fsp3) is 0.500. The molecule has 0 bridgehead atoms. The summed E-state index contributed by atoms with van der Waals surface area (Å²) < 4.78 is 1.01. The fourth-order valence-electron chi connectivity index (χ4n) is 2.95. The predicted octanol–water partition coefficient (Wildman–Crippen LogP) is 2.97. The van der Waals surface area contributed by atoms with Gasteiger partial charge < -0.3 is 15.6 Å². The highest BCUT2D eigenvalue weighted by Gasteiger charge is 2.35. The molecule has 118 valence electrons. The number of nitrogens with one attached hydrogen (secondary N) is 1. The van der Waals surface area contributed by atoms with Gasteiger partial charge in [0.25, 0.3) is 0 Å². The number of nitrogens with two attached hydrogens (primary N) is 1. The van der Waals surface area contributed by atoms with Crippen LogP contribution in [0.25, 0.3) is 11.0 Å². The summed E-state index contributed by atoms with van der Waals surface area (Å²) in [4.78, 5) is 22.5. The van der Waals surface area contributed by atoms with Gasteiger partial charge >= 0.3 is 0 Å². The number of nitrogens with zero attached hydrogens (tertiary/aromatic N) is 2. The van der Waals surface area contributed by atoms with Gasteiger partial charge in [-0.1, -0.05) is 29.8 Å². The SMILES string of the molecule is CC(C)C(N)C(=O)N1CCCC1c1nc2ccc(Br)cc2[nH]1. The summed E-state index contributed by atoms with van der Waals surface area (Å²) in [6.07, 6.45) is 1.92. The number of aromatic nitrogens is 2. The van der Waals surface area contributed by atoms with Crippen LogP contribution in [-0.2, 0) is 4.79 Å². The van der Waals surface area contributed by atoms with E-state index < -0.39 is 6.04 Å². The van der Waals surface area contributed by atoms with Gasteiger partial charge in [-0.2, -0.15) is 0 Å². The Balaban J connectivity index is 1.89. The van der Waals surface area contributed by atoms with Crippen molar-refractivity contribution in [1.82, 2.24) is 14.9 Å². The summed E-state index contributed by atoms with van der Waals surface area (Å²) >= 11 is 3.47. The van der Waals surface area contributed by atoms with Crippen LogP contribution in [0.15, 0.2) is 22.7 Å². The van der Waals surface area contributed by atoms with Crippen molar-refractivity contribution in [3.05, 3.63) is 28.5 Å². The number of H-pyrrole nitrogens is 1. The minimum atomic E-state index is -0.445. The maximum atomic E-state index is 12.6. The average Bonchev–Trinajstić information content (AvgIpc) is 3.10. The van der Waals surface area contributed by atoms with E-state index in [9.17, 15) is 4.79 Å². The highest BCUT2D eigenvalue weighted by Crippen LogP contribution is 2.32. The van der Waals surface area contributed by atoms with Crippen molar-refractivity contribution in [2.24, 2.45) is 11.7 Å². The zero-order valence-electron chi connectivity index (χ0n) is 12.8. The van der Waals surface area contributed by atoms with Crippen molar-refractivity contribution in [2.45, 2.75) is 38.8 Å². The van der Waals surface area contributed by atoms with Crippen molar-refractivity contribution in [2.75, 3.05) is 6.54 Å². The lowest BCUT2D eigenvalue weighted by Gasteiger charge is -2.27. The first-order valence-electron chi connectivity index (χ1n) is 7.68. The van der Waals surface area contributed by atoms with Crippen LogP contribution in [0.2, 0.25) is 0 Å². The van der Waals surface area contributed by atoms with Gasteiger partial charge in [0.05, 0.1) is 23.1 Å². The number of hydrogen-bond donors (Lipinski definition) is 2. The Morgan fingerprint density at radius 1 is 1.50 bits per heavy atom. The second-order valence-electron chi connectivity index (χ2n) is 6.24. The zero-order valence-corrected chi connectivity index (χ0v) is 14.4. The third kappa shape index (κ3) is 2.77. The third-order valence-corrected chi connectivity index (χ3v) is 4.81. The number of amides is 1. The second-order valence-corrected chi connectivity index (χ2v) is 7.16. The first kappa shape index (κ1) is 15.5. The van der Waals surface area contributed by atoms with Crippen molar-refractivity contribution in [3.8, 4) is 0 Å². The number of carbonyl (C=O) groups is 1. The molecule has 0 aliphatic carbocycles. The molecule has 2 atom stereocenters. The Kier molecular flexibility index (Phi) is 4.23.